The van der Waals surface area contributed by atoms with Crippen molar-refractivity contribution in [2.24, 2.45) is 4.99 Å². The van der Waals surface area contributed by atoms with Gasteiger partial charge < -0.3 is 14.9 Å². The van der Waals surface area contributed by atoms with Gasteiger partial charge in [-0.25, -0.2) is 9.79 Å². The Morgan fingerprint density at radius 3 is 2.59 bits per heavy atom. The third-order valence-corrected chi connectivity index (χ3v) is 6.66. The first kappa shape index (κ1) is 22.4. The summed E-state index contributed by atoms with van der Waals surface area (Å²) in [6.07, 6.45) is 7.02. The molecule has 8 heteroatoms. The second-order valence-corrected chi connectivity index (χ2v) is 9.15. The van der Waals surface area contributed by atoms with E-state index in [0.29, 0.717) is 32.7 Å². The molecule has 2 aromatic rings. The zero-order valence-corrected chi connectivity index (χ0v) is 19.1. The SMILES string of the molecule is O=C1C=CC(c2ccc(CN3CCN(C[C@H](O)CN4CCc5ccccc5C4)C3=O)cn2)C=N1. The van der Waals surface area contributed by atoms with E-state index < -0.39 is 6.10 Å². The number of carbonyl (C=O) groups is 2. The predicted octanol–water partition coefficient (Wildman–Crippen LogP) is 1.99. The van der Waals surface area contributed by atoms with Crippen molar-refractivity contribution in [3.8, 4) is 0 Å². The number of dihydropyridines is 1. The number of benzene rings is 1. The predicted molar refractivity (Wildman–Crippen MR) is 128 cm³/mol. The molecule has 0 spiro atoms. The highest BCUT2D eigenvalue weighted by atomic mass is 16.3. The third kappa shape index (κ3) is 5.08. The number of pyridine rings is 1. The number of nitrogens with zero attached hydrogens (tertiary/aromatic N) is 5. The number of aliphatic hydroxyl groups excluding tert-OH is 1. The van der Waals surface area contributed by atoms with Crippen molar-refractivity contribution in [1.82, 2.24) is 19.7 Å². The molecule has 1 unspecified atom stereocenters. The average molecular weight is 460 g/mol. The number of urea groups is 1. The Kier molecular flexibility index (Phi) is 6.51. The van der Waals surface area contributed by atoms with Crippen LogP contribution in [0.15, 0.2) is 59.7 Å². The number of carbonyl (C=O) groups excluding carboxylic acids is 2. The van der Waals surface area contributed by atoms with Crippen LogP contribution < -0.4 is 0 Å². The summed E-state index contributed by atoms with van der Waals surface area (Å²) in [5.74, 6) is -0.359. The molecular weight excluding hydrogens is 430 g/mol. The lowest BCUT2D eigenvalue weighted by Crippen LogP contribution is -2.43. The number of amides is 3. The van der Waals surface area contributed by atoms with Crippen LogP contribution in [0.1, 0.15) is 28.3 Å². The maximum Gasteiger partial charge on any atom is 0.320 e. The number of β-amino-alcohol motifs (C(OH)–C–C–N with tert-alkyl or cyclic N) is 1. The molecule has 1 aromatic heterocycles. The van der Waals surface area contributed by atoms with E-state index in [1.54, 1.807) is 28.3 Å². The van der Waals surface area contributed by atoms with Crippen molar-refractivity contribution in [1.29, 1.82) is 0 Å². The molecule has 0 saturated carbocycles. The minimum atomic E-state index is -0.577. The smallest absolute Gasteiger partial charge is 0.320 e. The molecule has 5 rings (SSSR count). The Morgan fingerprint density at radius 1 is 1.00 bits per heavy atom. The van der Waals surface area contributed by atoms with Gasteiger partial charge in [0.1, 0.15) is 0 Å². The molecule has 176 valence electrons. The van der Waals surface area contributed by atoms with Gasteiger partial charge in [-0.1, -0.05) is 36.4 Å². The molecule has 4 heterocycles. The van der Waals surface area contributed by atoms with E-state index in [9.17, 15) is 14.7 Å². The molecule has 1 saturated heterocycles. The summed E-state index contributed by atoms with van der Waals surface area (Å²) >= 11 is 0. The highest BCUT2D eigenvalue weighted by Gasteiger charge is 2.30. The number of aliphatic hydroxyl groups is 1. The minimum absolute atomic E-state index is 0.0482. The van der Waals surface area contributed by atoms with Gasteiger partial charge in [0.05, 0.1) is 17.7 Å². The summed E-state index contributed by atoms with van der Waals surface area (Å²) in [5.41, 5.74) is 4.47. The zero-order chi connectivity index (χ0) is 23.5. The Balaban J connectivity index is 1.11. The van der Waals surface area contributed by atoms with Crippen molar-refractivity contribution < 1.29 is 14.7 Å². The third-order valence-electron chi connectivity index (χ3n) is 6.66. The fourth-order valence-electron chi connectivity index (χ4n) is 4.82. The molecule has 3 amide bonds. The van der Waals surface area contributed by atoms with Crippen LogP contribution in [0.5, 0.6) is 0 Å². The second kappa shape index (κ2) is 9.87. The average Bonchev–Trinajstić information content (AvgIpc) is 3.18. The van der Waals surface area contributed by atoms with Gasteiger partial charge >= 0.3 is 6.03 Å². The number of allylic oxidation sites excluding steroid dienone is 1. The highest BCUT2D eigenvalue weighted by Crippen LogP contribution is 2.20. The molecule has 3 aliphatic heterocycles. The molecule has 0 bridgehead atoms. The lowest BCUT2D eigenvalue weighted by molar-refractivity contribution is -0.113. The quantitative estimate of drug-likeness (QED) is 0.684. The fraction of sp³-hybridized carbons (Fsp3) is 0.385. The molecular formula is C26H29N5O3. The maximum absolute atomic E-state index is 12.9. The molecule has 1 fully saturated rings. The van der Waals surface area contributed by atoms with Crippen molar-refractivity contribution >= 4 is 18.2 Å². The summed E-state index contributed by atoms with van der Waals surface area (Å²) in [7, 11) is 0. The van der Waals surface area contributed by atoms with Crippen molar-refractivity contribution in [3.63, 3.8) is 0 Å². The fourth-order valence-corrected chi connectivity index (χ4v) is 4.82. The summed E-state index contributed by atoms with van der Waals surface area (Å²) < 4.78 is 0. The van der Waals surface area contributed by atoms with Crippen LogP contribution in [0, 0.1) is 0 Å². The molecule has 0 radical (unpaired) electrons. The number of fused-ring (bicyclic) bond motifs is 1. The van der Waals surface area contributed by atoms with Gasteiger partial charge in [0.15, 0.2) is 0 Å². The highest BCUT2D eigenvalue weighted by molar-refractivity contribution is 5.98. The van der Waals surface area contributed by atoms with Gasteiger partial charge in [0.2, 0.25) is 0 Å². The van der Waals surface area contributed by atoms with Crippen LogP contribution in [0.2, 0.25) is 0 Å². The largest absolute Gasteiger partial charge is 0.390 e. The van der Waals surface area contributed by atoms with E-state index in [1.807, 2.05) is 12.1 Å². The first-order chi connectivity index (χ1) is 16.5. The van der Waals surface area contributed by atoms with Crippen LogP contribution in [0.25, 0.3) is 0 Å². The summed E-state index contributed by atoms with van der Waals surface area (Å²) in [6, 6.07) is 12.3. The van der Waals surface area contributed by atoms with E-state index in [1.165, 1.54) is 17.2 Å². The van der Waals surface area contributed by atoms with Gasteiger partial charge in [-0.2, -0.15) is 0 Å². The molecule has 3 aliphatic rings. The molecule has 34 heavy (non-hydrogen) atoms. The lowest BCUT2D eigenvalue weighted by Gasteiger charge is -2.31. The number of aliphatic imine (C=N–C) groups is 1. The zero-order valence-electron chi connectivity index (χ0n) is 19.1. The van der Waals surface area contributed by atoms with E-state index in [0.717, 1.165) is 30.8 Å². The molecule has 1 aromatic carbocycles. The second-order valence-electron chi connectivity index (χ2n) is 9.15. The van der Waals surface area contributed by atoms with Gasteiger partial charge in [-0.05, 0) is 29.2 Å². The summed E-state index contributed by atoms with van der Waals surface area (Å²) in [6.45, 7) is 4.40. The van der Waals surface area contributed by atoms with E-state index in [4.69, 9.17) is 0 Å². The van der Waals surface area contributed by atoms with Crippen molar-refractivity contribution in [2.45, 2.75) is 31.5 Å². The molecule has 1 N–H and O–H groups in total. The Labute approximate surface area is 199 Å². The Bertz CT molecular complexity index is 1100. The van der Waals surface area contributed by atoms with Crippen LogP contribution >= 0.6 is 0 Å². The van der Waals surface area contributed by atoms with E-state index in [-0.39, 0.29) is 17.9 Å². The van der Waals surface area contributed by atoms with Crippen LogP contribution in [-0.2, 0) is 24.3 Å². The topological polar surface area (TPSA) is 89.3 Å². The Morgan fingerprint density at radius 2 is 1.82 bits per heavy atom. The van der Waals surface area contributed by atoms with Crippen molar-refractivity contribution in [3.05, 3.63) is 77.1 Å². The summed E-state index contributed by atoms with van der Waals surface area (Å²) in [5, 5.41) is 10.7. The minimum Gasteiger partial charge on any atom is -0.390 e. The lowest BCUT2D eigenvalue weighted by atomic mass is 10.00. The number of hydrogen-bond acceptors (Lipinski definition) is 5. The van der Waals surface area contributed by atoms with Gasteiger partial charge in [-0.3, -0.25) is 14.7 Å². The van der Waals surface area contributed by atoms with Crippen LogP contribution in [0.4, 0.5) is 4.79 Å². The van der Waals surface area contributed by atoms with E-state index >= 15 is 0 Å². The molecule has 2 atom stereocenters. The van der Waals surface area contributed by atoms with E-state index in [2.05, 4.69) is 39.1 Å². The van der Waals surface area contributed by atoms with Gasteiger partial charge in [-0.15, -0.1) is 0 Å². The molecule has 8 nitrogen and oxygen atoms in total. The number of rotatable bonds is 7. The van der Waals surface area contributed by atoms with Gasteiger partial charge in [0.25, 0.3) is 5.91 Å². The van der Waals surface area contributed by atoms with Crippen LogP contribution in [-0.4, -0.2) is 81.8 Å². The van der Waals surface area contributed by atoms with Crippen LogP contribution in [0.3, 0.4) is 0 Å². The first-order valence-electron chi connectivity index (χ1n) is 11.8. The maximum atomic E-state index is 12.9. The molecule has 0 aliphatic carbocycles. The Hall–Kier alpha value is -3.36. The normalized spacial score (nSPS) is 21.3. The monoisotopic (exact) mass is 459 g/mol. The van der Waals surface area contributed by atoms with Crippen molar-refractivity contribution in [2.75, 3.05) is 32.7 Å². The first-order valence-corrected chi connectivity index (χ1v) is 11.8. The summed E-state index contributed by atoms with van der Waals surface area (Å²) in [4.78, 5) is 38.2. The standard InChI is InChI=1S/C26H29N5O3/c32-23(17-29-10-9-20-3-1-2-4-22(20)16-29)18-31-12-11-30(26(31)34)15-19-5-7-24(27-13-19)21-6-8-25(33)28-14-21/h1-8,13-14,21,23,32H,9-12,15-18H2/t21?,23-/m1/s1. The van der Waals surface area contributed by atoms with Gasteiger partial charge in [0, 0.05) is 64.3 Å². The number of aromatic nitrogens is 1. The number of hydrogen-bond donors (Lipinski definition) is 1.